The van der Waals surface area contributed by atoms with Gasteiger partial charge in [0.25, 0.3) is 0 Å². The van der Waals surface area contributed by atoms with Crippen molar-refractivity contribution in [2.45, 2.75) is 56.7 Å². The molecule has 0 bridgehead atoms. The minimum atomic E-state index is -4.24. The molecule has 0 aliphatic heterocycles. The zero-order chi connectivity index (χ0) is 15.7. The fourth-order valence-corrected chi connectivity index (χ4v) is 4.31. The van der Waals surface area contributed by atoms with Crippen LogP contribution in [0.2, 0.25) is 0 Å². The summed E-state index contributed by atoms with van der Waals surface area (Å²) in [5.74, 6) is 1.87. The van der Waals surface area contributed by atoms with E-state index in [-0.39, 0.29) is 0 Å². The normalized spacial score (nSPS) is 32.5. The Morgan fingerprint density at radius 1 is 0.909 bits per heavy atom. The van der Waals surface area contributed by atoms with Crippen molar-refractivity contribution < 1.29 is 17.9 Å². The molecule has 2 aliphatic rings. The van der Waals surface area contributed by atoms with E-state index in [1.807, 2.05) is 0 Å². The van der Waals surface area contributed by atoms with Crippen LogP contribution in [0.15, 0.2) is 24.3 Å². The van der Waals surface area contributed by atoms with Gasteiger partial charge in [-0.1, -0.05) is 12.1 Å². The van der Waals surface area contributed by atoms with E-state index in [2.05, 4.69) is 0 Å². The van der Waals surface area contributed by atoms with Crippen LogP contribution in [-0.4, -0.2) is 13.2 Å². The first-order valence-corrected chi connectivity index (χ1v) is 8.17. The summed E-state index contributed by atoms with van der Waals surface area (Å²) in [5, 5.41) is 0. The molecule has 2 fully saturated rings. The summed E-state index contributed by atoms with van der Waals surface area (Å²) in [6.07, 6.45) is 3.02. The molecule has 0 N–H and O–H groups in total. The van der Waals surface area contributed by atoms with Crippen molar-refractivity contribution in [3.8, 4) is 0 Å². The van der Waals surface area contributed by atoms with Crippen LogP contribution in [0.25, 0.3) is 0 Å². The van der Waals surface area contributed by atoms with Crippen molar-refractivity contribution in [1.29, 1.82) is 0 Å². The van der Waals surface area contributed by atoms with Crippen LogP contribution in [-0.2, 0) is 10.9 Å². The van der Waals surface area contributed by atoms with Gasteiger partial charge in [-0.25, -0.2) is 0 Å². The largest absolute Gasteiger partial charge is 0.416 e. The Labute approximate surface area is 129 Å². The van der Waals surface area contributed by atoms with Crippen LogP contribution in [0, 0.1) is 11.8 Å². The lowest BCUT2D eigenvalue weighted by atomic mass is 9.65. The lowest BCUT2D eigenvalue weighted by Gasteiger charge is -2.42. The maximum absolute atomic E-state index is 12.6. The van der Waals surface area contributed by atoms with Gasteiger partial charge in [0.15, 0.2) is 0 Å². The van der Waals surface area contributed by atoms with E-state index in [1.165, 1.54) is 25.0 Å². The van der Waals surface area contributed by atoms with Crippen molar-refractivity contribution in [3.63, 3.8) is 0 Å². The third kappa shape index (κ3) is 3.32. The molecule has 0 amide bonds. The predicted molar refractivity (Wildman–Crippen MR) is 79.7 cm³/mol. The summed E-state index contributed by atoms with van der Waals surface area (Å²) >= 11 is 0. The molecule has 4 heteroatoms. The van der Waals surface area contributed by atoms with Gasteiger partial charge in [-0.3, -0.25) is 0 Å². The van der Waals surface area contributed by atoms with Gasteiger partial charge in [-0.05, 0) is 74.0 Å². The number of fused-ring (bicyclic) bond motifs is 1. The van der Waals surface area contributed by atoms with Gasteiger partial charge in [-0.2, -0.15) is 13.2 Å². The van der Waals surface area contributed by atoms with Gasteiger partial charge in [0.05, 0.1) is 11.7 Å². The fraction of sp³-hybridized carbons (Fsp3) is 0.667. The molecule has 22 heavy (non-hydrogen) atoms. The smallest absolute Gasteiger partial charge is 0.381 e. The van der Waals surface area contributed by atoms with E-state index < -0.39 is 11.7 Å². The van der Waals surface area contributed by atoms with E-state index in [0.717, 1.165) is 37.2 Å². The number of ether oxygens (including phenoxy) is 1. The number of rotatable bonds is 2. The monoisotopic (exact) mass is 312 g/mol. The highest BCUT2D eigenvalue weighted by molar-refractivity contribution is 5.27. The quantitative estimate of drug-likeness (QED) is 0.710. The van der Waals surface area contributed by atoms with Crippen LogP contribution in [0.5, 0.6) is 0 Å². The first-order chi connectivity index (χ1) is 10.5. The Balaban J connectivity index is 1.65. The maximum atomic E-state index is 12.6. The molecule has 0 radical (unpaired) electrons. The van der Waals surface area contributed by atoms with Gasteiger partial charge in [0.1, 0.15) is 0 Å². The first-order valence-electron chi connectivity index (χ1n) is 8.17. The second-order valence-corrected chi connectivity index (χ2v) is 6.82. The molecule has 0 spiro atoms. The molecule has 4 atom stereocenters. The van der Waals surface area contributed by atoms with Crippen LogP contribution < -0.4 is 0 Å². The third-order valence-corrected chi connectivity index (χ3v) is 5.61. The minimum Gasteiger partial charge on any atom is -0.381 e. The number of methoxy groups -OCH3 is 1. The van der Waals surface area contributed by atoms with Crippen LogP contribution in [0.3, 0.4) is 0 Å². The number of alkyl halides is 3. The van der Waals surface area contributed by atoms with Gasteiger partial charge >= 0.3 is 6.18 Å². The van der Waals surface area contributed by atoms with Crippen molar-refractivity contribution in [2.24, 2.45) is 11.8 Å². The van der Waals surface area contributed by atoms with Crippen molar-refractivity contribution in [2.75, 3.05) is 7.11 Å². The van der Waals surface area contributed by atoms with Gasteiger partial charge in [0, 0.05) is 7.11 Å². The second-order valence-electron chi connectivity index (χ2n) is 6.82. The SMILES string of the molecule is COC1CCC2CC(c3ccc(C(F)(F)F)cc3)CCC2C1. The summed E-state index contributed by atoms with van der Waals surface area (Å²) in [6, 6.07) is 5.80. The lowest BCUT2D eigenvalue weighted by molar-refractivity contribution is -0.137. The molecule has 4 unspecified atom stereocenters. The number of halogens is 3. The standard InChI is InChI=1S/C18H23F3O/c1-22-17-9-6-14-10-13(2-3-15(14)11-17)12-4-7-16(8-5-12)18(19,20)21/h4-5,7-8,13-15,17H,2-3,6,9-11H2,1H3. The number of hydrogen-bond donors (Lipinski definition) is 0. The maximum Gasteiger partial charge on any atom is 0.416 e. The molecular weight excluding hydrogens is 289 g/mol. The Morgan fingerprint density at radius 2 is 1.55 bits per heavy atom. The highest BCUT2D eigenvalue weighted by atomic mass is 19.4. The highest BCUT2D eigenvalue weighted by Crippen LogP contribution is 2.46. The average molecular weight is 312 g/mol. The van der Waals surface area contributed by atoms with E-state index in [1.54, 1.807) is 19.2 Å². The van der Waals surface area contributed by atoms with Crippen LogP contribution in [0.4, 0.5) is 13.2 Å². The molecule has 3 rings (SSSR count). The third-order valence-electron chi connectivity index (χ3n) is 5.61. The molecular formula is C18H23F3O. The van der Waals surface area contributed by atoms with Crippen LogP contribution >= 0.6 is 0 Å². The summed E-state index contributed by atoms with van der Waals surface area (Å²) in [4.78, 5) is 0. The molecule has 0 saturated heterocycles. The first kappa shape index (κ1) is 15.9. The second kappa shape index (κ2) is 6.23. The number of hydrogen-bond acceptors (Lipinski definition) is 1. The lowest BCUT2D eigenvalue weighted by Crippen LogP contribution is -2.33. The van der Waals surface area contributed by atoms with E-state index >= 15 is 0 Å². The predicted octanol–water partition coefficient (Wildman–Crippen LogP) is 5.40. The van der Waals surface area contributed by atoms with Crippen LogP contribution in [0.1, 0.15) is 55.6 Å². The van der Waals surface area contributed by atoms with Crippen molar-refractivity contribution in [1.82, 2.24) is 0 Å². The Kier molecular flexibility index (Phi) is 4.49. The van der Waals surface area contributed by atoms with Crippen molar-refractivity contribution in [3.05, 3.63) is 35.4 Å². The molecule has 0 aromatic heterocycles. The highest BCUT2D eigenvalue weighted by Gasteiger charge is 2.36. The molecule has 1 nitrogen and oxygen atoms in total. The molecule has 2 saturated carbocycles. The van der Waals surface area contributed by atoms with Gasteiger partial charge in [0.2, 0.25) is 0 Å². The zero-order valence-corrected chi connectivity index (χ0v) is 12.9. The Bertz CT molecular complexity index is 494. The Morgan fingerprint density at radius 3 is 2.18 bits per heavy atom. The molecule has 122 valence electrons. The fourth-order valence-electron chi connectivity index (χ4n) is 4.31. The van der Waals surface area contributed by atoms with Gasteiger partial charge in [-0.15, -0.1) is 0 Å². The van der Waals surface area contributed by atoms with E-state index in [9.17, 15) is 13.2 Å². The molecule has 2 aliphatic carbocycles. The molecule has 1 aromatic carbocycles. The summed E-state index contributed by atoms with van der Waals surface area (Å²) in [6.45, 7) is 0. The molecule has 1 aromatic rings. The van der Waals surface area contributed by atoms with Gasteiger partial charge < -0.3 is 4.74 Å². The van der Waals surface area contributed by atoms with E-state index in [4.69, 9.17) is 4.74 Å². The summed E-state index contributed by atoms with van der Waals surface area (Å²) < 4.78 is 43.4. The minimum absolute atomic E-state index is 0.406. The summed E-state index contributed by atoms with van der Waals surface area (Å²) in [5.41, 5.74) is 0.519. The zero-order valence-electron chi connectivity index (χ0n) is 12.9. The molecule has 0 heterocycles. The van der Waals surface area contributed by atoms with Crippen molar-refractivity contribution >= 4 is 0 Å². The Hall–Kier alpha value is -1.03. The van der Waals surface area contributed by atoms with E-state index in [0.29, 0.717) is 17.9 Å². The summed E-state index contributed by atoms with van der Waals surface area (Å²) in [7, 11) is 1.79. The topological polar surface area (TPSA) is 9.23 Å². The average Bonchev–Trinajstić information content (AvgIpc) is 2.53. The number of benzene rings is 1.